The van der Waals surface area contributed by atoms with Crippen molar-refractivity contribution in [2.24, 2.45) is 5.92 Å². The zero-order chi connectivity index (χ0) is 13.4. The second kappa shape index (κ2) is 8.15. The Kier molecular flexibility index (Phi) is 6.81. The number of ether oxygens (including phenoxy) is 1. The van der Waals surface area contributed by atoms with Gasteiger partial charge in [-0.3, -0.25) is 0 Å². The van der Waals surface area contributed by atoms with Crippen molar-refractivity contribution in [2.45, 2.75) is 40.0 Å². The van der Waals surface area contributed by atoms with Crippen LogP contribution in [0.5, 0.6) is 5.75 Å². The molecule has 2 heteroatoms. The van der Waals surface area contributed by atoms with E-state index in [1.54, 1.807) is 0 Å². The Bertz CT molecular complexity index is 330. The maximum absolute atomic E-state index is 5.84. The molecule has 0 bridgehead atoms. The van der Waals surface area contributed by atoms with E-state index in [1.165, 1.54) is 12.0 Å². The van der Waals surface area contributed by atoms with Crippen molar-refractivity contribution < 1.29 is 4.74 Å². The van der Waals surface area contributed by atoms with E-state index in [1.807, 2.05) is 19.9 Å². The summed E-state index contributed by atoms with van der Waals surface area (Å²) in [7, 11) is 0. The summed E-state index contributed by atoms with van der Waals surface area (Å²) in [5.74, 6) is 2.26. The smallest absolute Gasteiger partial charge is 0.119 e. The standard InChI is InChI=1S/C14H21NO.C2H6/c1-11(2)13-4-3-5-14(8-13)16-10-12-6-7-15-9-12;1-2/h3-5,8,11-12,15H,6-7,9-10H2,1-2H3;1-2H3. The summed E-state index contributed by atoms with van der Waals surface area (Å²) in [6.07, 6.45) is 1.24. The molecule has 0 saturated carbocycles. The minimum absolute atomic E-state index is 0.566. The van der Waals surface area contributed by atoms with Gasteiger partial charge in [0.1, 0.15) is 5.75 Å². The zero-order valence-electron chi connectivity index (χ0n) is 12.2. The number of rotatable bonds is 4. The summed E-state index contributed by atoms with van der Waals surface area (Å²) in [5.41, 5.74) is 1.35. The molecule has 1 atom stereocenters. The Labute approximate surface area is 112 Å². The molecule has 1 heterocycles. The van der Waals surface area contributed by atoms with Crippen LogP contribution in [0, 0.1) is 5.92 Å². The van der Waals surface area contributed by atoms with Crippen molar-refractivity contribution >= 4 is 0 Å². The van der Waals surface area contributed by atoms with Crippen molar-refractivity contribution in [1.29, 1.82) is 0 Å². The highest BCUT2D eigenvalue weighted by atomic mass is 16.5. The molecule has 0 aliphatic carbocycles. The third-order valence-corrected chi connectivity index (χ3v) is 3.17. The first-order valence-electron chi connectivity index (χ1n) is 7.19. The molecule has 1 N–H and O–H groups in total. The van der Waals surface area contributed by atoms with Crippen molar-refractivity contribution in [1.82, 2.24) is 5.32 Å². The van der Waals surface area contributed by atoms with Crippen molar-refractivity contribution in [3.63, 3.8) is 0 Å². The fourth-order valence-corrected chi connectivity index (χ4v) is 2.03. The van der Waals surface area contributed by atoms with Crippen molar-refractivity contribution in [3.8, 4) is 5.75 Å². The summed E-state index contributed by atoms with van der Waals surface area (Å²) in [4.78, 5) is 0. The van der Waals surface area contributed by atoms with E-state index in [4.69, 9.17) is 4.74 Å². The van der Waals surface area contributed by atoms with Gasteiger partial charge in [0, 0.05) is 12.5 Å². The van der Waals surface area contributed by atoms with Crippen LogP contribution in [-0.4, -0.2) is 19.7 Å². The van der Waals surface area contributed by atoms with Gasteiger partial charge in [-0.1, -0.05) is 39.8 Å². The summed E-state index contributed by atoms with van der Waals surface area (Å²) >= 11 is 0. The Morgan fingerprint density at radius 2 is 2.11 bits per heavy atom. The predicted octanol–water partition coefficient (Wildman–Crippen LogP) is 3.82. The normalized spacial score (nSPS) is 18.4. The van der Waals surface area contributed by atoms with Gasteiger partial charge in [0.05, 0.1) is 6.61 Å². The minimum atomic E-state index is 0.566. The lowest BCUT2D eigenvalue weighted by atomic mass is 10.0. The summed E-state index contributed by atoms with van der Waals surface area (Å²) in [6, 6.07) is 8.45. The molecular formula is C16H27NO. The molecule has 0 amide bonds. The molecule has 102 valence electrons. The monoisotopic (exact) mass is 249 g/mol. The number of nitrogens with one attached hydrogen (secondary N) is 1. The summed E-state index contributed by atoms with van der Waals surface area (Å²) < 4.78 is 5.84. The molecule has 0 spiro atoms. The third kappa shape index (κ3) is 4.69. The van der Waals surface area contributed by atoms with Crippen LogP contribution < -0.4 is 10.1 Å². The fourth-order valence-electron chi connectivity index (χ4n) is 2.03. The van der Waals surface area contributed by atoms with Crippen LogP contribution in [-0.2, 0) is 0 Å². The average Bonchev–Trinajstić information content (AvgIpc) is 2.92. The van der Waals surface area contributed by atoms with Gasteiger partial charge in [0.15, 0.2) is 0 Å². The van der Waals surface area contributed by atoms with Crippen molar-refractivity contribution in [2.75, 3.05) is 19.7 Å². The Morgan fingerprint density at radius 3 is 2.72 bits per heavy atom. The van der Waals surface area contributed by atoms with Crippen LogP contribution in [0.2, 0.25) is 0 Å². The van der Waals surface area contributed by atoms with Crippen LogP contribution >= 0.6 is 0 Å². The van der Waals surface area contributed by atoms with E-state index < -0.39 is 0 Å². The van der Waals surface area contributed by atoms with Gasteiger partial charge in [-0.05, 0) is 36.6 Å². The molecule has 1 aromatic carbocycles. The second-order valence-corrected chi connectivity index (χ2v) is 4.90. The molecule has 18 heavy (non-hydrogen) atoms. The molecule has 1 unspecified atom stereocenters. The molecule has 1 aromatic rings. The first kappa shape index (κ1) is 15.0. The lowest BCUT2D eigenvalue weighted by molar-refractivity contribution is 0.260. The van der Waals surface area contributed by atoms with Crippen LogP contribution in [0.1, 0.15) is 45.6 Å². The molecule has 1 aliphatic heterocycles. The van der Waals surface area contributed by atoms with E-state index >= 15 is 0 Å². The van der Waals surface area contributed by atoms with Crippen LogP contribution in [0.4, 0.5) is 0 Å². The van der Waals surface area contributed by atoms with Gasteiger partial charge >= 0.3 is 0 Å². The van der Waals surface area contributed by atoms with Gasteiger partial charge < -0.3 is 10.1 Å². The molecule has 0 radical (unpaired) electrons. The van der Waals surface area contributed by atoms with Gasteiger partial charge in [0.25, 0.3) is 0 Å². The molecule has 1 fully saturated rings. The molecule has 1 aliphatic rings. The fraction of sp³-hybridized carbons (Fsp3) is 0.625. The summed E-state index contributed by atoms with van der Waals surface area (Å²) in [5, 5.41) is 3.36. The number of benzene rings is 1. The van der Waals surface area contributed by atoms with E-state index in [0.717, 1.165) is 25.4 Å². The Hall–Kier alpha value is -1.02. The average molecular weight is 249 g/mol. The highest BCUT2D eigenvalue weighted by Gasteiger charge is 2.14. The van der Waals surface area contributed by atoms with E-state index in [9.17, 15) is 0 Å². The SMILES string of the molecule is CC.CC(C)c1cccc(OCC2CCNC2)c1. The van der Waals surface area contributed by atoms with Crippen molar-refractivity contribution in [3.05, 3.63) is 29.8 Å². The first-order chi connectivity index (χ1) is 8.75. The zero-order valence-corrected chi connectivity index (χ0v) is 12.2. The quantitative estimate of drug-likeness (QED) is 0.875. The largest absolute Gasteiger partial charge is 0.493 e. The van der Waals surface area contributed by atoms with Gasteiger partial charge in [-0.15, -0.1) is 0 Å². The Morgan fingerprint density at radius 1 is 1.33 bits per heavy atom. The van der Waals surface area contributed by atoms with Gasteiger partial charge in [-0.25, -0.2) is 0 Å². The van der Waals surface area contributed by atoms with E-state index in [0.29, 0.717) is 11.8 Å². The van der Waals surface area contributed by atoms with Crippen LogP contribution in [0.25, 0.3) is 0 Å². The lowest BCUT2D eigenvalue weighted by Gasteiger charge is -2.12. The highest BCUT2D eigenvalue weighted by Crippen LogP contribution is 2.21. The molecular weight excluding hydrogens is 222 g/mol. The van der Waals surface area contributed by atoms with Crippen LogP contribution in [0.15, 0.2) is 24.3 Å². The van der Waals surface area contributed by atoms with Crippen LogP contribution in [0.3, 0.4) is 0 Å². The first-order valence-corrected chi connectivity index (χ1v) is 7.19. The van der Waals surface area contributed by atoms with Gasteiger partial charge in [-0.2, -0.15) is 0 Å². The minimum Gasteiger partial charge on any atom is -0.493 e. The molecule has 0 aromatic heterocycles. The second-order valence-electron chi connectivity index (χ2n) is 4.90. The predicted molar refractivity (Wildman–Crippen MR) is 78.4 cm³/mol. The molecule has 1 saturated heterocycles. The highest BCUT2D eigenvalue weighted by molar-refractivity contribution is 5.30. The molecule has 2 rings (SSSR count). The molecule has 2 nitrogen and oxygen atoms in total. The number of hydrogen-bond acceptors (Lipinski definition) is 2. The van der Waals surface area contributed by atoms with E-state index in [-0.39, 0.29) is 0 Å². The van der Waals surface area contributed by atoms with E-state index in [2.05, 4.69) is 37.4 Å². The third-order valence-electron chi connectivity index (χ3n) is 3.17. The maximum atomic E-state index is 5.84. The lowest BCUT2D eigenvalue weighted by Crippen LogP contribution is -2.15. The maximum Gasteiger partial charge on any atom is 0.119 e. The Balaban J connectivity index is 0.000000771. The number of hydrogen-bond donors (Lipinski definition) is 1. The summed E-state index contributed by atoms with van der Waals surface area (Å²) in [6.45, 7) is 11.5. The topological polar surface area (TPSA) is 21.3 Å². The van der Waals surface area contributed by atoms with Gasteiger partial charge in [0.2, 0.25) is 0 Å².